The maximum atomic E-state index is 12.2. The Balaban J connectivity index is 1.67. The highest BCUT2D eigenvalue weighted by atomic mass is 16.5. The molecule has 1 amide bonds. The number of carbonyl (C=O) groups excluding carboxylic acids is 1. The first kappa shape index (κ1) is 15.4. The minimum atomic E-state index is -0.340. The normalized spacial score (nSPS) is 29.5. The lowest BCUT2D eigenvalue weighted by atomic mass is 10.1. The molecule has 22 heavy (non-hydrogen) atoms. The van der Waals surface area contributed by atoms with Crippen LogP contribution < -0.4 is 5.32 Å². The van der Waals surface area contributed by atoms with Crippen LogP contribution in [0.3, 0.4) is 0 Å². The summed E-state index contributed by atoms with van der Waals surface area (Å²) < 4.78 is 11.1. The van der Waals surface area contributed by atoms with E-state index >= 15 is 0 Å². The van der Waals surface area contributed by atoms with Crippen molar-refractivity contribution in [2.45, 2.75) is 38.0 Å². The van der Waals surface area contributed by atoms with Crippen LogP contribution in [-0.4, -0.2) is 54.8 Å². The van der Waals surface area contributed by atoms with E-state index in [1.54, 1.807) is 6.20 Å². The van der Waals surface area contributed by atoms with Crippen LogP contribution in [0.1, 0.15) is 31.5 Å². The Morgan fingerprint density at radius 2 is 2.32 bits per heavy atom. The van der Waals surface area contributed by atoms with Gasteiger partial charge in [-0.3, -0.25) is 14.7 Å². The van der Waals surface area contributed by atoms with Gasteiger partial charge in [-0.15, -0.1) is 0 Å². The van der Waals surface area contributed by atoms with Crippen molar-refractivity contribution in [3.05, 3.63) is 24.0 Å². The first-order valence-electron chi connectivity index (χ1n) is 7.84. The maximum Gasteiger partial charge on any atom is 0.253 e. The van der Waals surface area contributed by atoms with Crippen molar-refractivity contribution in [2.24, 2.45) is 0 Å². The van der Waals surface area contributed by atoms with E-state index in [-0.39, 0.29) is 24.2 Å². The molecule has 2 aliphatic rings. The number of rotatable bonds is 3. The Morgan fingerprint density at radius 1 is 1.45 bits per heavy atom. The minimum absolute atomic E-state index is 0.0743. The number of anilines is 1. The number of hydrogen-bond acceptors (Lipinski definition) is 5. The second-order valence-electron chi connectivity index (χ2n) is 6.04. The number of morpholine rings is 1. The predicted octanol–water partition coefficient (Wildman–Crippen LogP) is 1.59. The lowest BCUT2D eigenvalue weighted by Gasteiger charge is -2.32. The van der Waals surface area contributed by atoms with Gasteiger partial charge in [0.05, 0.1) is 31.1 Å². The zero-order valence-corrected chi connectivity index (χ0v) is 13.1. The molecule has 0 spiro atoms. The predicted molar refractivity (Wildman–Crippen MR) is 82.6 cm³/mol. The number of nitrogens with zero attached hydrogens (tertiary/aromatic N) is 2. The van der Waals surface area contributed by atoms with Gasteiger partial charge in [-0.05, 0) is 38.9 Å². The van der Waals surface area contributed by atoms with Crippen LogP contribution in [0.5, 0.6) is 0 Å². The van der Waals surface area contributed by atoms with E-state index in [2.05, 4.69) is 22.2 Å². The highest BCUT2D eigenvalue weighted by Crippen LogP contribution is 2.24. The largest absolute Gasteiger partial charge is 0.378 e. The maximum absolute atomic E-state index is 12.2. The molecule has 3 heterocycles. The molecule has 1 aromatic rings. The molecule has 0 radical (unpaired) electrons. The lowest BCUT2D eigenvalue weighted by molar-refractivity contribution is -0.126. The monoisotopic (exact) mass is 305 g/mol. The molecule has 3 atom stereocenters. The second kappa shape index (κ2) is 6.73. The molecule has 0 aromatic carbocycles. The molecule has 120 valence electrons. The summed E-state index contributed by atoms with van der Waals surface area (Å²) in [5.74, 6) is -0.0743. The van der Waals surface area contributed by atoms with Crippen molar-refractivity contribution in [1.29, 1.82) is 0 Å². The van der Waals surface area contributed by atoms with Gasteiger partial charge in [0, 0.05) is 18.4 Å². The van der Waals surface area contributed by atoms with E-state index in [9.17, 15) is 4.79 Å². The molecule has 1 N–H and O–H groups in total. The molecule has 0 bridgehead atoms. The second-order valence-corrected chi connectivity index (χ2v) is 6.04. The van der Waals surface area contributed by atoms with Gasteiger partial charge in [-0.1, -0.05) is 0 Å². The Bertz CT molecular complexity index is 537. The van der Waals surface area contributed by atoms with Crippen molar-refractivity contribution >= 4 is 11.6 Å². The third kappa shape index (κ3) is 3.45. The molecule has 2 saturated heterocycles. The first-order valence-corrected chi connectivity index (χ1v) is 7.84. The van der Waals surface area contributed by atoms with Crippen molar-refractivity contribution in [2.75, 3.05) is 32.1 Å². The number of carbonyl (C=O) groups is 1. The fraction of sp³-hybridized carbons (Fsp3) is 0.625. The number of pyridine rings is 1. The van der Waals surface area contributed by atoms with E-state index in [0.29, 0.717) is 6.61 Å². The topological polar surface area (TPSA) is 63.7 Å². The quantitative estimate of drug-likeness (QED) is 0.919. The Kier molecular flexibility index (Phi) is 4.71. The smallest absolute Gasteiger partial charge is 0.253 e. The zero-order valence-electron chi connectivity index (χ0n) is 13.1. The van der Waals surface area contributed by atoms with Crippen LogP contribution >= 0.6 is 0 Å². The molecule has 0 aliphatic carbocycles. The first-order chi connectivity index (χ1) is 10.6. The van der Waals surface area contributed by atoms with E-state index in [1.807, 2.05) is 19.1 Å². The molecular weight excluding hydrogens is 282 g/mol. The Hall–Kier alpha value is -1.50. The number of likely N-dealkylation sites (N-methyl/N-ethyl adjacent to an activating group) is 1. The minimum Gasteiger partial charge on any atom is -0.378 e. The van der Waals surface area contributed by atoms with Gasteiger partial charge in [-0.2, -0.15) is 0 Å². The summed E-state index contributed by atoms with van der Waals surface area (Å²) >= 11 is 0. The molecule has 2 aliphatic heterocycles. The Morgan fingerprint density at radius 3 is 3.05 bits per heavy atom. The van der Waals surface area contributed by atoms with Crippen LogP contribution in [0.2, 0.25) is 0 Å². The van der Waals surface area contributed by atoms with E-state index in [1.165, 1.54) is 0 Å². The van der Waals surface area contributed by atoms with Gasteiger partial charge in [0.1, 0.15) is 6.10 Å². The molecule has 3 rings (SSSR count). The van der Waals surface area contributed by atoms with Crippen LogP contribution in [0.15, 0.2) is 18.3 Å². The van der Waals surface area contributed by atoms with Crippen LogP contribution in [0, 0.1) is 0 Å². The van der Waals surface area contributed by atoms with E-state index in [0.717, 1.165) is 37.4 Å². The molecule has 3 unspecified atom stereocenters. The molecule has 0 saturated carbocycles. The number of nitrogens with one attached hydrogen (secondary N) is 1. The van der Waals surface area contributed by atoms with Crippen molar-refractivity contribution in [3.8, 4) is 0 Å². The van der Waals surface area contributed by atoms with Gasteiger partial charge in [0.2, 0.25) is 0 Å². The van der Waals surface area contributed by atoms with Gasteiger partial charge in [0.25, 0.3) is 5.91 Å². The molecular formula is C16H23N3O3. The third-order valence-electron chi connectivity index (χ3n) is 4.31. The van der Waals surface area contributed by atoms with Gasteiger partial charge in [-0.25, -0.2) is 0 Å². The third-order valence-corrected chi connectivity index (χ3v) is 4.31. The van der Waals surface area contributed by atoms with E-state index < -0.39 is 0 Å². The Labute approximate surface area is 130 Å². The fourth-order valence-electron chi connectivity index (χ4n) is 2.92. The summed E-state index contributed by atoms with van der Waals surface area (Å²) in [4.78, 5) is 18.9. The van der Waals surface area contributed by atoms with Gasteiger partial charge < -0.3 is 14.8 Å². The van der Waals surface area contributed by atoms with Crippen molar-refractivity contribution < 1.29 is 14.3 Å². The molecule has 2 fully saturated rings. The van der Waals surface area contributed by atoms with Gasteiger partial charge in [0.15, 0.2) is 0 Å². The fourth-order valence-corrected chi connectivity index (χ4v) is 2.92. The lowest BCUT2D eigenvalue weighted by Crippen LogP contribution is -2.37. The summed E-state index contributed by atoms with van der Waals surface area (Å²) in [6, 6.07) is 3.86. The summed E-state index contributed by atoms with van der Waals surface area (Å²) in [6.07, 6.45) is 3.27. The highest BCUT2D eigenvalue weighted by molar-refractivity contribution is 5.94. The average Bonchev–Trinajstić information content (AvgIpc) is 2.95. The summed E-state index contributed by atoms with van der Waals surface area (Å²) in [5, 5.41) is 2.94. The van der Waals surface area contributed by atoms with Crippen LogP contribution in [0.4, 0.5) is 5.69 Å². The van der Waals surface area contributed by atoms with Crippen LogP contribution in [-0.2, 0) is 14.3 Å². The van der Waals surface area contributed by atoms with Crippen molar-refractivity contribution in [1.82, 2.24) is 9.88 Å². The number of aromatic nitrogens is 1. The van der Waals surface area contributed by atoms with Crippen LogP contribution in [0.25, 0.3) is 0 Å². The zero-order chi connectivity index (χ0) is 15.5. The standard InChI is InChI=1S/C16H23N3O3/c1-11-3-4-15(22-11)16(20)18-12-5-6-17-13(9-12)14-10-21-8-7-19(14)2/h5-6,9,11,14-15H,3-4,7-8,10H2,1-2H3,(H,17,18,20). The molecule has 6 heteroatoms. The van der Waals surface area contributed by atoms with Crippen molar-refractivity contribution in [3.63, 3.8) is 0 Å². The number of hydrogen-bond donors (Lipinski definition) is 1. The van der Waals surface area contributed by atoms with E-state index in [4.69, 9.17) is 9.47 Å². The summed E-state index contributed by atoms with van der Waals surface area (Å²) in [5.41, 5.74) is 1.68. The van der Waals surface area contributed by atoms with Gasteiger partial charge >= 0.3 is 0 Å². The summed E-state index contributed by atoms with van der Waals surface area (Å²) in [7, 11) is 2.06. The highest BCUT2D eigenvalue weighted by Gasteiger charge is 2.28. The molecule has 6 nitrogen and oxygen atoms in total. The average molecular weight is 305 g/mol. The SMILES string of the molecule is CC1CCC(C(=O)Nc2ccnc(C3COCCN3C)c2)O1. The number of amides is 1. The summed E-state index contributed by atoms with van der Waals surface area (Å²) in [6.45, 7) is 4.26. The number of ether oxygens (including phenoxy) is 2. The molecule has 1 aromatic heterocycles.